The zero-order chi connectivity index (χ0) is 23.5. The van der Waals surface area contributed by atoms with Crippen LogP contribution in [-0.2, 0) is 11.3 Å². The maximum absolute atomic E-state index is 13.0. The van der Waals surface area contributed by atoms with Gasteiger partial charge in [-0.2, -0.15) is 0 Å². The minimum atomic E-state index is -0.197. The number of hydrogen-bond acceptors (Lipinski definition) is 4. The summed E-state index contributed by atoms with van der Waals surface area (Å²) >= 11 is 0. The van der Waals surface area contributed by atoms with Gasteiger partial charge in [0.15, 0.2) is 16.9 Å². The molecule has 0 saturated carbocycles. The molecule has 1 heterocycles. The number of ether oxygens (including phenoxy) is 2. The fourth-order valence-electron chi connectivity index (χ4n) is 4.03. The Balaban J connectivity index is 1.38. The summed E-state index contributed by atoms with van der Waals surface area (Å²) in [7, 11) is 1.59. The van der Waals surface area contributed by atoms with Gasteiger partial charge in [0.25, 0.3) is 0 Å². The van der Waals surface area contributed by atoms with Crippen LogP contribution in [0.3, 0.4) is 0 Å². The van der Waals surface area contributed by atoms with Crippen molar-refractivity contribution in [3.63, 3.8) is 0 Å². The molecule has 1 aromatic heterocycles. The van der Waals surface area contributed by atoms with Crippen LogP contribution in [0, 0.1) is 0 Å². The number of pyridine rings is 1. The lowest BCUT2D eigenvalue weighted by molar-refractivity contribution is -0.116. The Labute approximate surface area is 196 Å². The van der Waals surface area contributed by atoms with Gasteiger partial charge in [-0.25, -0.2) is 0 Å². The molecule has 168 valence electrons. The van der Waals surface area contributed by atoms with E-state index in [2.05, 4.69) is 5.32 Å². The highest BCUT2D eigenvalue weighted by molar-refractivity contribution is 5.97. The molecular formula is C28H22N2O4. The molecule has 0 fully saturated rings. The van der Waals surface area contributed by atoms with Crippen LogP contribution in [0.4, 0.5) is 5.69 Å². The summed E-state index contributed by atoms with van der Waals surface area (Å²) in [6.07, 6.45) is 0. The lowest BCUT2D eigenvalue weighted by Gasteiger charge is -2.15. The van der Waals surface area contributed by atoms with E-state index in [1.165, 1.54) is 0 Å². The first-order valence-corrected chi connectivity index (χ1v) is 10.8. The van der Waals surface area contributed by atoms with Gasteiger partial charge in [0.2, 0.25) is 5.91 Å². The number of carbonyl (C=O) groups is 1. The van der Waals surface area contributed by atoms with E-state index in [0.29, 0.717) is 33.7 Å². The third kappa shape index (κ3) is 4.09. The van der Waals surface area contributed by atoms with Crippen LogP contribution in [0.5, 0.6) is 17.2 Å². The van der Waals surface area contributed by atoms with Crippen LogP contribution in [0.25, 0.3) is 21.8 Å². The van der Waals surface area contributed by atoms with E-state index in [1.807, 2.05) is 65.2 Å². The first-order valence-electron chi connectivity index (χ1n) is 10.8. The van der Waals surface area contributed by atoms with Gasteiger partial charge in [0.1, 0.15) is 12.3 Å². The smallest absolute Gasteiger partial charge is 0.244 e. The highest BCUT2D eigenvalue weighted by Gasteiger charge is 2.13. The van der Waals surface area contributed by atoms with Gasteiger partial charge >= 0.3 is 0 Å². The maximum atomic E-state index is 13.0. The van der Waals surface area contributed by atoms with Gasteiger partial charge in [0, 0.05) is 16.5 Å². The third-order valence-corrected chi connectivity index (χ3v) is 5.62. The normalized spacial score (nSPS) is 10.9. The van der Waals surface area contributed by atoms with Gasteiger partial charge in [-0.05, 0) is 60.7 Å². The van der Waals surface area contributed by atoms with Crippen molar-refractivity contribution in [2.45, 2.75) is 6.54 Å². The zero-order valence-corrected chi connectivity index (χ0v) is 18.5. The molecule has 6 nitrogen and oxygen atoms in total. The summed E-state index contributed by atoms with van der Waals surface area (Å²) in [4.78, 5) is 25.8. The summed E-state index contributed by atoms with van der Waals surface area (Å²) in [6.45, 7) is 0.0702. The SMILES string of the molecule is COc1ccccc1Oc1ccc(NC(=O)Cn2c3ccccc3c(=O)c3ccccc32)cc1. The van der Waals surface area contributed by atoms with Crippen LogP contribution < -0.4 is 20.2 Å². The second-order valence-electron chi connectivity index (χ2n) is 7.78. The lowest BCUT2D eigenvalue weighted by atomic mass is 10.1. The molecule has 0 radical (unpaired) electrons. The molecule has 5 rings (SSSR count). The van der Waals surface area contributed by atoms with E-state index < -0.39 is 0 Å². The number of anilines is 1. The van der Waals surface area contributed by atoms with Crippen LogP contribution in [0.15, 0.2) is 102 Å². The Morgan fingerprint density at radius 1 is 0.765 bits per heavy atom. The van der Waals surface area contributed by atoms with E-state index >= 15 is 0 Å². The molecule has 0 spiro atoms. The molecule has 5 aromatic rings. The van der Waals surface area contributed by atoms with Crippen LogP contribution in [-0.4, -0.2) is 17.6 Å². The van der Waals surface area contributed by atoms with E-state index in [9.17, 15) is 9.59 Å². The molecule has 34 heavy (non-hydrogen) atoms. The predicted octanol–water partition coefficient (Wildman–Crippen LogP) is 5.59. The fraction of sp³-hybridized carbons (Fsp3) is 0.0714. The average molecular weight is 450 g/mol. The topological polar surface area (TPSA) is 69.6 Å². The lowest BCUT2D eigenvalue weighted by Crippen LogP contribution is -2.21. The number of hydrogen-bond donors (Lipinski definition) is 1. The summed E-state index contributed by atoms with van der Waals surface area (Å²) < 4.78 is 13.1. The Morgan fingerprint density at radius 3 is 1.94 bits per heavy atom. The first-order chi connectivity index (χ1) is 16.6. The van der Waals surface area contributed by atoms with Crippen molar-refractivity contribution in [3.05, 3.63) is 107 Å². The highest BCUT2D eigenvalue weighted by Crippen LogP contribution is 2.31. The highest BCUT2D eigenvalue weighted by atomic mass is 16.5. The quantitative estimate of drug-likeness (QED) is 0.342. The second-order valence-corrected chi connectivity index (χ2v) is 7.78. The fourth-order valence-corrected chi connectivity index (χ4v) is 4.03. The molecule has 1 amide bonds. The average Bonchev–Trinajstić information content (AvgIpc) is 2.88. The Morgan fingerprint density at radius 2 is 1.32 bits per heavy atom. The molecule has 4 aromatic carbocycles. The number of nitrogens with one attached hydrogen (secondary N) is 1. The zero-order valence-electron chi connectivity index (χ0n) is 18.5. The summed E-state index contributed by atoms with van der Waals surface area (Å²) in [5, 5.41) is 4.11. The van der Waals surface area contributed by atoms with Crippen LogP contribution >= 0.6 is 0 Å². The molecule has 6 heteroatoms. The number of aromatic nitrogens is 1. The minimum Gasteiger partial charge on any atom is -0.493 e. The summed E-state index contributed by atoms with van der Waals surface area (Å²) in [5.74, 6) is 1.68. The van der Waals surface area contributed by atoms with E-state index in [4.69, 9.17) is 9.47 Å². The molecule has 1 N–H and O–H groups in total. The number of para-hydroxylation sites is 4. The van der Waals surface area contributed by atoms with Gasteiger partial charge in [-0.15, -0.1) is 0 Å². The monoisotopic (exact) mass is 450 g/mol. The largest absolute Gasteiger partial charge is 0.493 e. The number of benzene rings is 4. The molecule has 0 atom stereocenters. The van der Waals surface area contributed by atoms with Gasteiger partial charge in [-0.1, -0.05) is 36.4 Å². The molecule has 0 aliphatic heterocycles. The molecule has 0 saturated heterocycles. The Kier molecular flexibility index (Phi) is 5.70. The van der Waals surface area contributed by atoms with Crippen molar-refractivity contribution in [2.75, 3.05) is 12.4 Å². The van der Waals surface area contributed by atoms with Crippen molar-refractivity contribution in [1.29, 1.82) is 0 Å². The third-order valence-electron chi connectivity index (χ3n) is 5.62. The molecule has 0 aliphatic carbocycles. The first kappa shape index (κ1) is 21.3. The molecule has 0 bridgehead atoms. The van der Waals surface area contributed by atoms with Crippen molar-refractivity contribution in [1.82, 2.24) is 4.57 Å². The van der Waals surface area contributed by atoms with Crippen molar-refractivity contribution < 1.29 is 14.3 Å². The number of amides is 1. The molecule has 0 unspecified atom stereocenters. The second kappa shape index (κ2) is 9.11. The number of carbonyl (C=O) groups excluding carboxylic acids is 1. The minimum absolute atomic E-state index is 0.0338. The van der Waals surface area contributed by atoms with Crippen LogP contribution in [0.2, 0.25) is 0 Å². The van der Waals surface area contributed by atoms with Crippen molar-refractivity contribution in [3.8, 4) is 17.2 Å². The van der Waals surface area contributed by atoms with Crippen molar-refractivity contribution >= 4 is 33.4 Å². The van der Waals surface area contributed by atoms with Gasteiger partial charge < -0.3 is 19.4 Å². The maximum Gasteiger partial charge on any atom is 0.244 e. The predicted molar refractivity (Wildman–Crippen MR) is 134 cm³/mol. The molecular weight excluding hydrogens is 428 g/mol. The number of methoxy groups -OCH3 is 1. The van der Waals surface area contributed by atoms with E-state index in [1.54, 1.807) is 43.5 Å². The Bertz CT molecular complexity index is 1500. The summed E-state index contributed by atoms with van der Waals surface area (Å²) in [5.41, 5.74) is 2.06. The number of fused-ring (bicyclic) bond motifs is 2. The van der Waals surface area contributed by atoms with Crippen LogP contribution in [0.1, 0.15) is 0 Å². The number of rotatable bonds is 6. The molecule has 0 aliphatic rings. The Hall–Kier alpha value is -4.58. The van der Waals surface area contributed by atoms with E-state index in [-0.39, 0.29) is 17.9 Å². The van der Waals surface area contributed by atoms with Gasteiger partial charge in [0.05, 0.1) is 18.1 Å². The van der Waals surface area contributed by atoms with Gasteiger partial charge in [-0.3, -0.25) is 9.59 Å². The standard InChI is InChI=1S/C28H22N2O4/c1-33-25-12-6-7-13-26(25)34-20-16-14-19(15-17-20)29-27(31)18-30-23-10-4-2-8-21(23)28(32)22-9-3-5-11-24(22)30/h2-17H,18H2,1H3,(H,29,31). The number of nitrogens with zero attached hydrogens (tertiary/aromatic N) is 1. The summed E-state index contributed by atoms with van der Waals surface area (Å²) in [6, 6.07) is 29.2. The van der Waals surface area contributed by atoms with Crippen molar-refractivity contribution in [2.24, 2.45) is 0 Å². The van der Waals surface area contributed by atoms with E-state index in [0.717, 1.165) is 11.0 Å².